The normalized spacial score (nSPS) is 14.7. The third-order valence-corrected chi connectivity index (χ3v) is 5.13. The summed E-state index contributed by atoms with van der Waals surface area (Å²) in [6, 6.07) is 0. The molecule has 9 heteroatoms. The van der Waals surface area contributed by atoms with Gasteiger partial charge in [0.2, 0.25) is 5.95 Å². The third kappa shape index (κ3) is 2.56. The second kappa shape index (κ2) is 5.35. The van der Waals surface area contributed by atoms with Crippen molar-refractivity contribution in [3.63, 3.8) is 0 Å². The lowest BCUT2D eigenvalue weighted by Gasteiger charge is -2.31. The number of amides is 1. The zero-order valence-corrected chi connectivity index (χ0v) is 14.9. The van der Waals surface area contributed by atoms with E-state index in [2.05, 4.69) is 44.3 Å². The van der Waals surface area contributed by atoms with Gasteiger partial charge in [0.25, 0.3) is 5.91 Å². The minimum atomic E-state index is -0.291. The van der Waals surface area contributed by atoms with Crippen LogP contribution in [0.2, 0.25) is 0 Å². The number of nitrogens with zero attached hydrogens (tertiary/aromatic N) is 4. The predicted octanol–water partition coefficient (Wildman–Crippen LogP) is 2.30. The number of rotatable bonds is 2. The van der Waals surface area contributed by atoms with Crippen molar-refractivity contribution in [2.24, 2.45) is 0 Å². The number of fused-ring (bicyclic) bond motifs is 3. The van der Waals surface area contributed by atoms with E-state index in [1.54, 1.807) is 6.20 Å². The van der Waals surface area contributed by atoms with E-state index < -0.39 is 0 Å². The summed E-state index contributed by atoms with van der Waals surface area (Å²) in [5.41, 5.74) is 9.92. The van der Waals surface area contributed by atoms with Crippen molar-refractivity contribution in [1.29, 1.82) is 0 Å². The number of aryl methyl sites for hydroxylation is 1. The first-order valence-corrected chi connectivity index (χ1v) is 8.67. The monoisotopic (exact) mass is 355 g/mol. The molecule has 3 aromatic rings. The average molecular weight is 355 g/mol. The van der Waals surface area contributed by atoms with Crippen molar-refractivity contribution in [2.75, 3.05) is 11.1 Å². The van der Waals surface area contributed by atoms with Gasteiger partial charge in [-0.3, -0.25) is 15.2 Å². The maximum Gasteiger partial charge on any atom is 0.278 e. The fourth-order valence-electron chi connectivity index (χ4n) is 3.24. The Kier molecular flexibility index (Phi) is 3.36. The quantitative estimate of drug-likeness (QED) is 0.648. The molecule has 25 heavy (non-hydrogen) atoms. The Balaban J connectivity index is 1.79. The molecular formula is C16H17N7OS. The summed E-state index contributed by atoms with van der Waals surface area (Å²) >= 11 is 1.38. The largest absolute Gasteiger partial charge is 0.368 e. The van der Waals surface area contributed by atoms with Crippen LogP contribution < -0.4 is 11.1 Å². The van der Waals surface area contributed by atoms with E-state index in [-0.39, 0.29) is 17.3 Å². The third-order valence-electron chi connectivity index (χ3n) is 4.25. The zero-order valence-electron chi connectivity index (χ0n) is 14.0. The van der Waals surface area contributed by atoms with Gasteiger partial charge in [-0.05, 0) is 24.3 Å². The zero-order chi connectivity index (χ0) is 17.8. The molecule has 1 aliphatic carbocycles. The number of nitrogens with two attached hydrogens (primary N) is 1. The number of nitrogens with one attached hydrogen (secondary N) is 2. The first-order valence-electron chi connectivity index (χ1n) is 7.79. The number of hydrogen-bond donors (Lipinski definition) is 3. The number of carbonyl (C=O) groups is 1. The van der Waals surface area contributed by atoms with E-state index in [0.717, 1.165) is 22.5 Å². The Morgan fingerprint density at radius 1 is 1.40 bits per heavy atom. The number of anilines is 2. The molecule has 0 unspecified atom stereocenters. The molecule has 1 aliphatic rings. The molecule has 1 amide bonds. The Morgan fingerprint density at radius 2 is 2.20 bits per heavy atom. The molecule has 0 radical (unpaired) electrons. The summed E-state index contributed by atoms with van der Waals surface area (Å²) in [4.78, 5) is 25.4. The minimum absolute atomic E-state index is 0.197. The van der Waals surface area contributed by atoms with Gasteiger partial charge >= 0.3 is 0 Å². The average Bonchev–Trinajstić information content (AvgIpc) is 3.15. The number of thiazole rings is 1. The SMILES string of the molecule is Cc1csc(NC(=O)c2n[nH]c3c2C(C)(C)Cc2cnc(N)nc2-3)n1. The van der Waals surface area contributed by atoms with Crippen molar-refractivity contribution in [1.82, 2.24) is 25.1 Å². The van der Waals surface area contributed by atoms with Crippen LogP contribution in [-0.2, 0) is 11.8 Å². The van der Waals surface area contributed by atoms with Gasteiger partial charge in [-0.15, -0.1) is 11.3 Å². The maximum absolute atomic E-state index is 12.7. The first-order chi connectivity index (χ1) is 11.8. The van der Waals surface area contributed by atoms with Gasteiger partial charge < -0.3 is 5.73 Å². The van der Waals surface area contributed by atoms with Crippen LogP contribution in [0.25, 0.3) is 11.4 Å². The fourth-order valence-corrected chi connectivity index (χ4v) is 3.92. The van der Waals surface area contributed by atoms with Crippen LogP contribution in [0.4, 0.5) is 11.1 Å². The van der Waals surface area contributed by atoms with Crippen LogP contribution in [0.1, 0.15) is 41.2 Å². The van der Waals surface area contributed by atoms with Crippen LogP contribution in [0.5, 0.6) is 0 Å². The lowest BCUT2D eigenvalue weighted by atomic mass is 9.73. The van der Waals surface area contributed by atoms with Gasteiger partial charge in [0.05, 0.1) is 17.1 Å². The van der Waals surface area contributed by atoms with E-state index in [9.17, 15) is 4.79 Å². The minimum Gasteiger partial charge on any atom is -0.368 e. The lowest BCUT2D eigenvalue weighted by Crippen LogP contribution is -2.29. The molecule has 3 heterocycles. The van der Waals surface area contributed by atoms with Crippen molar-refractivity contribution in [2.45, 2.75) is 32.6 Å². The Bertz CT molecular complexity index is 988. The molecular weight excluding hydrogens is 338 g/mol. The van der Waals surface area contributed by atoms with Crippen molar-refractivity contribution >= 4 is 28.3 Å². The summed E-state index contributed by atoms with van der Waals surface area (Å²) in [6.45, 7) is 6.03. The van der Waals surface area contributed by atoms with Crippen LogP contribution in [0, 0.1) is 6.92 Å². The molecule has 0 bridgehead atoms. The highest BCUT2D eigenvalue weighted by molar-refractivity contribution is 7.13. The first kappa shape index (κ1) is 15.7. The molecule has 3 aromatic heterocycles. The van der Waals surface area contributed by atoms with E-state index in [1.807, 2.05) is 12.3 Å². The molecule has 4 rings (SSSR count). The Labute approximate surface area is 147 Å². The number of nitrogen functional groups attached to an aromatic ring is 1. The van der Waals surface area contributed by atoms with Gasteiger partial charge in [0.1, 0.15) is 0 Å². The van der Waals surface area contributed by atoms with Gasteiger partial charge in [-0.1, -0.05) is 13.8 Å². The molecule has 0 aliphatic heterocycles. The number of aromatic nitrogens is 5. The Hall–Kier alpha value is -2.81. The highest BCUT2D eigenvalue weighted by atomic mass is 32.1. The van der Waals surface area contributed by atoms with E-state index in [1.165, 1.54) is 11.3 Å². The molecule has 0 aromatic carbocycles. The van der Waals surface area contributed by atoms with Crippen LogP contribution in [-0.4, -0.2) is 31.1 Å². The van der Waals surface area contributed by atoms with E-state index in [4.69, 9.17) is 5.73 Å². The molecule has 0 fully saturated rings. The van der Waals surface area contributed by atoms with Crippen molar-refractivity contribution < 1.29 is 4.79 Å². The van der Waals surface area contributed by atoms with E-state index in [0.29, 0.717) is 22.9 Å². The molecule has 4 N–H and O–H groups in total. The highest BCUT2D eigenvalue weighted by Crippen LogP contribution is 2.42. The van der Waals surface area contributed by atoms with Gasteiger partial charge in [-0.2, -0.15) is 5.10 Å². The van der Waals surface area contributed by atoms with Crippen molar-refractivity contribution in [3.05, 3.63) is 34.1 Å². The highest BCUT2D eigenvalue weighted by Gasteiger charge is 2.38. The standard InChI is InChI=1S/C16H17N7OS/c1-7-6-25-15(19-7)21-13(24)12-9-11(22-23-12)10-8(4-16(9,2)3)5-18-14(17)20-10/h5-6H,4H2,1-3H3,(H,22,23)(H2,17,18,20)(H,19,21,24). The van der Waals surface area contributed by atoms with Gasteiger partial charge in [0, 0.05) is 17.1 Å². The summed E-state index contributed by atoms with van der Waals surface area (Å²) in [5, 5.41) is 12.5. The summed E-state index contributed by atoms with van der Waals surface area (Å²) in [7, 11) is 0. The van der Waals surface area contributed by atoms with Crippen molar-refractivity contribution in [3.8, 4) is 11.4 Å². The molecule has 0 saturated carbocycles. The van der Waals surface area contributed by atoms with Crippen LogP contribution in [0.3, 0.4) is 0 Å². The summed E-state index contributed by atoms with van der Waals surface area (Å²) < 4.78 is 0. The fraction of sp³-hybridized carbons (Fsp3) is 0.312. The topological polar surface area (TPSA) is 122 Å². The molecule has 0 atom stereocenters. The predicted molar refractivity (Wildman–Crippen MR) is 95.6 cm³/mol. The van der Waals surface area contributed by atoms with Gasteiger partial charge in [-0.25, -0.2) is 15.0 Å². The maximum atomic E-state index is 12.7. The molecule has 8 nitrogen and oxygen atoms in total. The molecule has 0 saturated heterocycles. The smallest absolute Gasteiger partial charge is 0.278 e. The summed E-state index contributed by atoms with van der Waals surface area (Å²) in [6.07, 6.45) is 2.44. The summed E-state index contributed by atoms with van der Waals surface area (Å²) in [5.74, 6) is -0.0892. The number of aromatic amines is 1. The Morgan fingerprint density at radius 3 is 2.92 bits per heavy atom. The van der Waals surface area contributed by atoms with Crippen LogP contribution in [0.15, 0.2) is 11.6 Å². The van der Waals surface area contributed by atoms with E-state index >= 15 is 0 Å². The number of carbonyl (C=O) groups excluding carboxylic acids is 1. The van der Waals surface area contributed by atoms with Crippen LogP contribution >= 0.6 is 11.3 Å². The lowest BCUT2D eigenvalue weighted by molar-refractivity contribution is 0.102. The molecule has 128 valence electrons. The second-order valence-electron chi connectivity index (χ2n) is 6.73. The number of hydrogen-bond acceptors (Lipinski definition) is 7. The van der Waals surface area contributed by atoms with Gasteiger partial charge in [0.15, 0.2) is 10.8 Å². The molecule has 0 spiro atoms. The number of H-pyrrole nitrogens is 1. The second-order valence-corrected chi connectivity index (χ2v) is 7.59.